The summed E-state index contributed by atoms with van der Waals surface area (Å²) in [5, 5.41) is 19.1. The molecule has 8 nitrogen and oxygen atoms in total. The molecule has 0 fully saturated rings. The van der Waals surface area contributed by atoms with Crippen LogP contribution in [0.2, 0.25) is 0 Å². The zero-order valence-corrected chi connectivity index (χ0v) is 19.4. The number of nitrogen functional groups attached to an aromatic ring is 1. The predicted molar refractivity (Wildman–Crippen MR) is 122 cm³/mol. The van der Waals surface area contributed by atoms with E-state index in [0.29, 0.717) is 28.7 Å². The minimum atomic E-state index is -0.134. The number of thiophene rings is 1. The minimum absolute atomic E-state index is 0.134. The zero-order valence-electron chi connectivity index (χ0n) is 17.8. The average Bonchev–Trinajstić information content (AvgIpc) is 3.48. The van der Waals surface area contributed by atoms with E-state index in [4.69, 9.17) is 15.0 Å². The number of nitrogens with zero attached hydrogens (tertiary/aromatic N) is 5. The van der Waals surface area contributed by atoms with Gasteiger partial charge in [0.05, 0.1) is 10.1 Å². The van der Waals surface area contributed by atoms with Gasteiger partial charge in [0.2, 0.25) is 11.0 Å². The first kappa shape index (κ1) is 21.4. The van der Waals surface area contributed by atoms with E-state index in [1.54, 1.807) is 11.3 Å². The number of benzene rings is 1. The monoisotopic (exact) mass is 456 g/mol. The maximum atomic E-state index is 6.23. The highest BCUT2D eigenvalue weighted by Gasteiger charge is 2.21. The summed E-state index contributed by atoms with van der Waals surface area (Å²) < 4.78 is 13.3. The summed E-state index contributed by atoms with van der Waals surface area (Å²) >= 11 is 2.96. The van der Waals surface area contributed by atoms with Crippen molar-refractivity contribution in [2.45, 2.75) is 50.6 Å². The number of ether oxygens (including phenoxy) is 1. The van der Waals surface area contributed by atoms with E-state index in [1.807, 2.05) is 37.4 Å². The molecule has 0 saturated heterocycles. The molecular formula is C21H24N6O2S2. The SMILES string of the molecule is Cc1ccc(C(C)C)c(OCc2nnc(SC(C)c3nnc(-c4cccs4)o3)n2N)c1. The van der Waals surface area contributed by atoms with Gasteiger partial charge in [-0.15, -0.1) is 31.7 Å². The van der Waals surface area contributed by atoms with Crippen molar-refractivity contribution in [2.75, 3.05) is 5.84 Å². The Hall–Kier alpha value is -2.85. The fourth-order valence-corrected chi connectivity index (χ4v) is 4.44. The van der Waals surface area contributed by atoms with Crippen LogP contribution in [0.25, 0.3) is 10.8 Å². The second-order valence-electron chi connectivity index (χ2n) is 7.44. The van der Waals surface area contributed by atoms with Crippen molar-refractivity contribution in [3.63, 3.8) is 0 Å². The van der Waals surface area contributed by atoms with Gasteiger partial charge in [0, 0.05) is 0 Å². The van der Waals surface area contributed by atoms with Crippen molar-refractivity contribution in [3.05, 3.63) is 58.6 Å². The predicted octanol–water partition coefficient (Wildman–Crippen LogP) is 4.97. The Morgan fingerprint density at radius 2 is 2.00 bits per heavy atom. The normalized spacial score (nSPS) is 12.4. The van der Waals surface area contributed by atoms with Crippen LogP contribution >= 0.6 is 23.1 Å². The molecule has 3 heterocycles. The van der Waals surface area contributed by atoms with Gasteiger partial charge in [-0.2, -0.15) is 0 Å². The molecule has 1 unspecified atom stereocenters. The van der Waals surface area contributed by atoms with Crippen molar-refractivity contribution in [3.8, 4) is 16.5 Å². The molecule has 0 aliphatic heterocycles. The number of hydrogen-bond acceptors (Lipinski definition) is 9. The van der Waals surface area contributed by atoms with Gasteiger partial charge in [0.15, 0.2) is 5.82 Å². The molecule has 0 amide bonds. The quantitative estimate of drug-likeness (QED) is 0.293. The maximum absolute atomic E-state index is 6.23. The van der Waals surface area contributed by atoms with Gasteiger partial charge in [-0.25, -0.2) is 4.68 Å². The number of hydrogen-bond donors (Lipinski definition) is 1. The summed E-state index contributed by atoms with van der Waals surface area (Å²) in [6.07, 6.45) is 0. The molecular weight excluding hydrogens is 432 g/mol. The first-order valence-electron chi connectivity index (χ1n) is 9.89. The summed E-state index contributed by atoms with van der Waals surface area (Å²) in [6.45, 7) is 8.51. The number of aryl methyl sites for hydroxylation is 1. The van der Waals surface area contributed by atoms with Gasteiger partial charge in [0.25, 0.3) is 5.89 Å². The molecule has 10 heteroatoms. The Bertz CT molecular complexity index is 1150. The Morgan fingerprint density at radius 3 is 2.74 bits per heavy atom. The second-order valence-corrected chi connectivity index (χ2v) is 9.69. The van der Waals surface area contributed by atoms with Crippen molar-refractivity contribution < 1.29 is 9.15 Å². The topological polar surface area (TPSA) is 105 Å². The maximum Gasteiger partial charge on any atom is 0.257 e. The molecule has 162 valence electrons. The lowest BCUT2D eigenvalue weighted by molar-refractivity contribution is 0.287. The van der Waals surface area contributed by atoms with Crippen LogP contribution in [-0.4, -0.2) is 25.1 Å². The van der Waals surface area contributed by atoms with Crippen LogP contribution in [0.5, 0.6) is 5.75 Å². The fraction of sp³-hybridized carbons (Fsp3) is 0.333. The largest absolute Gasteiger partial charge is 0.485 e. The second kappa shape index (κ2) is 9.11. The lowest BCUT2D eigenvalue weighted by Crippen LogP contribution is -2.16. The Balaban J connectivity index is 1.43. The average molecular weight is 457 g/mol. The molecule has 1 aromatic carbocycles. The minimum Gasteiger partial charge on any atom is -0.485 e. The zero-order chi connectivity index (χ0) is 22.0. The molecule has 0 aliphatic rings. The van der Waals surface area contributed by atoms with Gasteiger partial charge in [-0.3, -0.25) is 0 Å². The van der Waals surface area contributed by atoms with Crippen molar-refractivity contribution in [1.29, 1.82) is 0 Å². The third kappa shape index (κ3) is 4.75. The van der Waals surface area contributed by atoms with Crippen LogP contribution in [0.4, 0.5) is 0 Å². The van der Waals surface area contributed by atoms with E-state index in [-0.39, 0.29) is 11.9 Å². The van der Waals surface area contributed by atoms with Crippen LogP contribution in [0, 0.1) is 6.92 Å². The van der Waals surface area contributed by atoms with E-state index >= 15 is 0 Å². The molecule has 4 rings (SSSR count). The van der Waals surface area contributed by atoms with Gasteiger partial charge >= 0.3 is 0 Å². The molecule has 4 aromatic rings. The fourth-order valence-electron chi connectivity index (χ4n) is 2.98. The van der Waals surface area contributed by atoms with Crippen molar-refractivity contribution >= 4 is 23.1 Å². The first-order chi connectivity index (χ1) is 14.9. The molecule has 3 aromatic heterocycles. The highest BCUT2D eigenvalue weighted by Crippen LogP contribution is 2.35. The van der Waals surface area contributed by atoms with Gasteiger partial charge in [-0.05, 0) is 48.4 Å². The van der Waals surface area contributed by atoms with E-state index < -0.39 is 0 Å². The molecule has 31 heavy (non-hydrogen) atoms. The summed E-state index contributed by atoms with van der Waals surface area (Å²) in [5.41, 5.74) is 2.29. The molecule has 0 saturated carbocycles. The highest BCUT2D eigenvalue weighted by atomic mass is 32.2. The summed E-state index contributed by atoms with van der Waals surface area (Å²) in [7, 11) is 0. The third-order valence-electron chi connectivity index (χ3n) is 4.69. The van der Waals surface area contributed by atoms with Crippen LogP contribution in [-0.2, 0) is 6.61 Å². The number of thioether (sulfide) groups is 1. The van der Waals surface area contributed by atoms with E-state index in [0.717, 1.165) is 21.8 Å². The summed E-state index contributed by atoms with van der Waals surface area (Å²) in [4.78, 5) is 0.939. The van der Waals surface area contributed by atoms with Crippen molar-refractivity contribution in [1.82, 2.24) is 25.1 Å². The van der Waals surface area contributed by atoms with Gasteiger partial charge in [0.1, 0.15) is 12.4 Å². The van der Waals surface area contributed by atoms with E-state index in [1.165, 1.54) is 16.4 Å². The lowest BCUT2D eigenvalue weighted by atomic mass is 10.0. The van der Waals surface area contributed by atoms with Crippen LogP contribution in [0.3, 0.4) is 0 Å². The third-order valence-corrected chi connectivity index (χ3v) is 6.59. The standard InChI is InChI=1S/C21H24N6O2S2/c1-12(2)15-8-7-13(3)10-16(15)28-11-18-23-26-21(27(18)22)31-14(4)19-24-25-20(29-19)17-6-5-9-30-17/h5-10,12,14H,11,22H2,1-4H3. The Labute approximate surface area is 188 Å². The molecule has 0 spiro atoms. The summed E-state index contributed by atoms with van der Waals surface area (Å²) in [5.74, 6) is 8.98. The number of nitrogens with two attached hydrogens (primary N) is 1. The van der Waals surface area contributed by atoms with Gasteiger partial charge < -0.3 is 15.0 Å². The number of aromatic nitrogens is 5. The molecule has 0 radical (unpaired) electrons. The van der Waals surface area contributed by atoms with Crippen molar-refractivity contribution in [2.24, 2.45) is 0 Å². The Morgan fingerprint density at radius 1 is 1.16 bits per heavy atom. The lowest BCUT2D eigenvalue weighted by Gasteiger charge is -2.14. The molecule has 0 aliphatic carbocycles. The van der Waals surface area contributed by atoms with Gasteiger partial charge in [-0.1, -0.05) is 43.8 Å². The van der Waals surface area contributed by atoms with E-state index in [9.17, 15) is 0 Å². The van der Waals surface area contributed by atoms with Crippen LogP contribution in [0.1, 0.15) is 54.8 Å². The first-order valence-corrected chi connectivity index (χ1v) is 11.6. The molecule has 1 atom stereocenters. The summed E-state index contributed by atoms with van der Waals surface area (Å²) in [6, 6.07) is 10.1. The highest BCUT2D eigenvalue weighted by molar-refractivity contribution is 7.99. The van der Waals surface area contributed by atoms with E-state index in [2.05, 4.69) is 46.4 Å². The van der Waals surface area contributed by atoms with Crippen LogP contribution in [0.15, 0.2) is 45.3 Å². The van der Waals surface area contributed by atoms with Crippen LogP contribution < -0.4 is 10.6 Å². The number of rotatable bonds is 8. The molecule has 0 bridgehead atoms. The smallest absolute Gasteiger partial charge is 0.257 e. The Kier molecular flexibility index (Phi) is 6.28. The molecule has 2 N–H and O–H groups in total.